The molecule has 37 heavy (non-hydrogen) atoms. The van der Waals surface area contributed by atoms with Gasteiger partial charge < -0.3 is 20.3 Å². The van der Waals surface area contributed by atoms with Crippen molar-refractivity contribution in [3.63, 3.8) is 0 Å². The van der Waals surface area contributed by atoms with E-state index < -0.39 is 0 Å². The van der Waals surface area contributed by atoms with Crippen molar-refractivity contribution in [2.24, 2.45) is 11.8 Å². The molecular formula is C28H49Cl3N4O2. The van der Waals surface area contributed by atoms with E-state index in [1.807, 2.05) is 0 Å². The van der Waals surface area contributed by atoms with E-state index in [4.69, 9.17) is 4.74 Å². The predicted molar refractivity (Wildman–Crippen MR) is 159 cm³/mol. The maximum atomic E-state index is 12.3. The summed E-state index contributed by atoms with van der Waals surface area (Å²) < 4.78 is 6.01. The highest BCUT2D eigenvalue weighted by molar-refractivity contribution is 5.86. The van der Waals surface area contributed by atoms with Crippen LogP contribution in [0.25, 0.3) is 0 Å². The number of nitrogens with zero attached hydrogens (tertiary/aromatic N) is 2. The van der Waals surface area contributed by atoms with Crippen LogP contribution in [0, 0.1) is 11.8 Å². The van der Waals surface area contributed by atoms with Gasteiger partial charge in [-0.05, 0) is 69.0 Å². The van der Waals surface area contributed by atoms with Crippen LogP contribution in [0.1, 0.15) is 57.4 Å². The molecule has 6 nitrogen and oxygen atoms in total. The minimum absolute atomic E-state index is 0. The van der Waals surface area contributed by atoms with Crippen LogP contribution in [0.2, 0.25) is 0 Å². The zero-order valence-corrected chi connectivity index (χ0v) is 24.9. The first-order valence-corrected chi connectivity index (χ1v) is 13.8. The summed E-state index contributed by atoms with van der Waals surface area (Å²) in [7, 11) is 0. The summed E-state index contributed by atoms with van der Waals surface area (Å²) in [5, 5.41) is 6.90. The lowest BCUT2D eigenvalue weighted by Gasteiger charge is -2.46. The van der Waals surface area contributed by atoms with Crippen LogP contribution < -0.4 is 10.6 Å². The van der Waals surface area contributed by atoms with Crippen LogP contribution in [0.15, 0.2) is 30.3 Å². The standard InChI is InChI=1S/C28H46N4O2.3ClH/c1-2-31-15-12-26(13-16-31)34-17-7-14-29-28(33)11-6-10-27-25-18-24(19-30-27)21-32(22-25)20-23-8-4-3-5-9-23;;;/h3-5,8-9,24-27,30H,2,6-7,10-22H2,1H3,(H,29,33);3*1H/t24?,25?,27-;;;/m1.../s1. The van der Waals surface area contributed by atoms with E-state index in [9.17, 15) is 4.79 Å². The van der Waals surface area contributed by atoms with Crippen molar-refractivity contribution in [1.82, 2.24) is 20.4 Å². The first-order chi connectivity index (χ1) is 16.7. The largest absolute Gasteiger partial charge is 0.378 e. The third-order valence-corrected chi connectivity index (χ3v) is 8.03. The molecule has 0 spiro atoms. The Kier molecular flexibility index (Phi) is 17.3. The number of piperidine rings is 3. The number of rotatable bonds is 12. The van der Waals surface area contributed by atoms with Gasteiger partial charge in [-0.1, -0.05) is 37.3 Å². The van der Waals surface area contributed by atoms with Crippen molar-refractivity contribution in [2.45, 2.75) is 70.6 Å². The summed E-state index contributed by atoms with van der Waals surface area (Å²) in [6.45, 7) is 11.7. The molecule has 3 saturated heterocycles. The molecule has 1 aromatic rings. The van der Waals surface area contributed by atoms with Crippen molar-refractivity contribution < 1.29 is 9.53 Å². The fraction of sp³-hybridized carbons (Fsp3) is 0.750. The summed E-state index contributed by atoms with van der Waals surface area (Å²) in [6.07, 6.45) is 7.64. The zero-order chi connectivity index (χ0) is 23.6. The number of nitrogens with one attached hydrogen (secondary N) is 2. The van der Waals surface area contributed by atoms with Gasteiger partial charge in [-0.3, -0.25) is 9.69 Å². The summed E-state index contributed by atoms with van der Waals surface area (Å²) in [5.74, 6) is 1.67. The Balaban J connectivity index is 0.00000228. The maximum absolute atomic E-state index is 12.3. The van der Waals surface area contributed by atoms with E-state index in [0.717, 1.165) is 83.9 Å². The molecular weight excluding hydrogens is 531 g/mol. The van der Waals surface area contributed by atoms with Gasteiger partial charge in [0.15, 0.2) is 0 Å². The lowest BCUT2D eigenvalue weighted by Crippen LogP contribution is -2.55. The van der Waals surface area contributed by atoms with Crippen LogP contribution in [0.5, 0.6) is 0 Å². The minimum Gasteiger partial charge on any atom is -0.378 e. The SMILES string of the molecule is CCN1CCC(OCCCNC(=O)CCC[C@H]2NCC3CC2CN(Cc2ccccc2)C3)CC1.Cl.Cl.Cl. The molecule has 0 saturated carbocycles. The quantitative estimate of drug-likeness (QED) is 0.356. The Labute approximate surface area is 243 Å². The lowest BCUT2D eigenvalue weighted by atomic mass is 9.79. The molecule has 3 atom stereocenters. The Morgan fingerprint density at radius 2 is 1.81 bits per heavy atom. The molecule has 4 rings (SSSR count). The Bertz CT molecular complexity index is 737. The van der Waals surface area contributed by atoms with Gasteiger partial charge in [0.1, 0.15) is 0 Å². The van der Waals surface area contributed by atoms with E-state index in [2.05, 4.69) is 57.7 Å². The average molecular weight is 580 g/mol. The van der Waals surface area contributed by atoms with Gasteiger partial charge in [-0.15, -0.1) is 37.2 Å². The number of amides is 1. The molecule has 2 bridgehead atoms. The fourth-order valence-electron chi connectivity index (χ4n) is 6.09. The van der Waals surface area contributed by atoms with E-state index in [0.29, 0.717) is 24.5 Å². The molecule has 2 N–H and O–H groups in total. The maximum Gasteiger partial charge on any atom is 0.219 e. The zero-order valence-electron chi connectivity index (χ0n) is 22.4. The summed E-state index contributed by atoms with van der Waals surface area (Å²) in [4.78, 5) is 17.4. The number of carbonyl (C=O) groups excluding carboxylic acids is 1. The topological polar surface area (TPSA) is 56.8 Å². The van der Waals surface area contributed by atoms with Crippen molar-refractivity contribution in [3.05, 3.63) is 35.9 Å². The van der Waals surface area contributed by atoms with Gasteiger partial charge in [0.05, 0.1) is 6.10 Å². The number of hydrogen-bond acceptors (Lipinski definition) is 5. The number of carbonyl (C=O) groups is 1. The number of ether oxygens (including phenoxy) is 1. The molecule has 9 heteroatoms. The van der Waals surface area contributed by atoms with Gasteiger partial charge in [-0.2, -0.15) is 0 Å². The van der Waals surface area contributed by atoms with E-state index in [-0.39, 0.29) is 43.1 Å². The lowest BCUT2D eigenvalue weighted by molar-refractivity contribution is -0.121. The van der Waals surface area contributed by atoms with Crippen LogP contribution in [0.3, 0.4) is 0 Å². The smallest absolute Gasteiger partial charge is 0.219 e. The minimum atomic E-state index is 0. The van der Waals surface area contributed by atoms with Gasteiger partial charge in [0.2, 0.25) is 5.91 Å². The summed E-state index contributed by atoms with van der Waals surface area (Å²) >= 11 is 0. The average Bonchev–Trinajstić information content (AvgIpc) is 2.86. The predicted octanol–water partition coefficient (Wildman–Crippen LogP) is 4.54. The third-order valence-electron chi connectivity index (χ3n) is 8.03. The molecule has 3 fully saturated rings. The van der Waals surface area contributed by atoms with E-state index in [1.54, 1.807) is 0 Å². The third kappa shape index (κ3) is 11.6. The second-order valence-corrected chi connectivity index (χ2v) is 10.7. The first kappa shape index (κ1) is 34.4. The van der Waals surface area contributed by atoms with Crippen molar-refractivity contribution >= 4 is 43.1 Å². The Morgan fingerprint density at radius 3 is 2.54 bits per heavy atom. The molecule has 0 aromatic heterocycles. The molecule has 1 aromatic carbocycles. The van der Waals surface area contributed by atoms with Gasteiger partial charge in [0.25, 0.3) is 0 Å². The highest BCUT2D eigenvalue weighted by Crippen LogP contribution is 2.31. The number of likely N-dealkylation sites (tertiary alicyclic amines) is 2. The number of benzene rings is 1. The summed E-state index contributed by atoms with van der Waals surface area (Å²) in [5.41, 5.74) is 1.41. The van der Waals surface area contributed by atoms with Gasteiger partial charge in [0, 0.05) is 58.3 Å². The van der Waals surface area contributed by atoms with Crippen LogP contribution >= 0.6 is 37.2 Å². The first-order valence-electron chi connectivity index (χ1n) is 13.8. The molecule has 3 heterocycles. The molecule has 0 radical (unpaired) electrons. The molecule has 3 aliphatic rings. The molecule has 3 aliphatic heterocycles. The monoisotopic (exact) mass is 578 g/mol. The molecule has 1 amide bonds. The Morgan fingerprint density at radius 1 is 1.05 bits per heavy atom. The van der Waals surface area contributed by atoms with Crippen LogP contribution in [0.4, 0.5) is 0 Å². The van der Waals surface area contributed by atoms with E-state index in [1.165, 1.54) is 25.1 Å². The highest BCUT2D eigenvalue weighted by atomic mass is 35.5. The van der Waals surface area contributed by atoms with Gasteiger partial charge in [-0.25, -0.2) is 0 Å². The van der Waals surface area contributed by atoms with Crippen molar-refractivity contribution in [1.29, 1.82) is 0 Å². The second kappa shape index (κ2) is 18.6. The second-order valence-electron chi connectivity index (χ2n) is 10.7. The van der Waals surface area contributed by atoms with Crippen molar-refractivity contribution in [2.75, 3.05) is 52.4 Å². The van der Waals surface area contributed by atoms with Gasteiger partial charge >= 0.3 is 0 Å². The van der Waals surface area contributed by atoms with Crippen LogP contribution in [-0.2, 0) is 16.1 Å². The number of hydrogen-bond donors (Lipinski definition) is 2. The summed E-state index contributed by atoms with van der Waals surface area (Å²) in [6, 6.07) is 11.4. The molecule has 0 aliphatic carbocycles. The molecule has 214 valence electrons. The fourth-order valence-corrected chi connectivity index (χ4v) is 6.09. The van der Waals surface area contributed by atoms with E-state index >= 15 is 0 Å². The molecule has 2 unspecified atom stereocenters. The van der Waals surface area contributed by atoms with Crippen molar-refractivity contribution in [3.8, 4) is 0 Å². The Hall–Kier alpha value is -0.600. The normalized spacial score (nSPS) is 24.3. The number of halogens is 3. The highest BCUT2D eigenvalue weighted by Gasteiger charge is 2.36. The van der Waals surface area contributed by atoms with Crippen LogP contribution in [-0.4, -0.2) is 80.3 Å². The number of fused-ring (bicyclic) bond motifs is 2.